The summed E-state index contributed by atoms with van der Waals surface area (Å²) in [6.45, 7) is 2.12. The van der Waals surface area contributed by atoms with Gasteiger partial charge in [0.25, 0.3) is 0 Å². The van der Waals surface area contributed by atoms with Crippen molar-refractivity contribution < 1.29 is 14.3 Å². The Kier molecular flexibility index (Phi) is 5.49. The van der Waals surface area contributed by atoms with Crippen molar-refractivity contribution in [2.24, 2.45) is 0 Å². The highest BCUT2D eigenvalue weighted by molar-refractivity contribution is 6.30. The molecule has 0 saturated heterocycles. The van der Waals surface area contributed by atoms with Crippen LogP contribution in [-0.2, 0) is 11.3 Å². The van der Waals surface area contributed by atoms with Gasteiger partial charge in [-0.15, -0.1) is 0 Å². The van der Waals surface area contributed by atoms with Gasteiger partial charge < -0.3 is 4.74 Å². The Labute approximate surface area is 157 Å². The minimum atomic E-state index is -0.522. The van der Waals surface area contributed by atoms with Crippen LogP contribution >= 0.6 is 11.6 Å². The largest absolute Gasteiger partial charge is 0.457 e. The second-order valence-corrected chi connectivity index (χ2v) is 6.32. The number of halogens is 1. The van der Waals surface area contributed by atoms with Gasteiger partial charge in [0.2, 0.25) is 0 Å². The van der Waals surface area contributed by atoms with Crippen molar-refractivity contribution in [3.63, 3.8) is 0 Å². The van der Waals surface area contributed by atoms with Gasteiger partial charge in [0, 0.05) is 16.1 Å². The van der Waals surface area contributed by atoms with Crippen molar-refractivity contribution in [1.82, 2.24) is 0 Å². The van der Waals surface area contributed by atoms with Crippen molar-refractivity contribution in [2.45, 2.75) is 13.5 Å². The predicted molar refractivity (Wildman–Crippen MR) is 102 cm³/mol. The number of hydrogen-bond acceptors (Lipinski definition) is 3. The summed E-state index contributed by atoms with van der Waals surface area (Å²) in [6, 6.07) is 20.9. The van der Waals surface area contributed by atoms with E-state index in [1.165, 1.54) is 0 Å². The van der Waals surface area contributed by atoms with E-state index in [-0.39, 0.29) is 18.0 Å². The van der Waals surface area contributed by atoms with Crippen LogP contribution in [0.1, 0.15) is 37.4 Å². The molecule has 130 valence electrons. The molecule has 3 aromatic rings. The van der Waals surface area contributed by atoms with E-state index >= 15 is 0 Å². The average Bonchev–Trinajstić information content (AvgIpc) is 2.67. The van der Waals surface area contributed by atoms with E-state index in [9.17, 15) is 9.59 Å². The van der Waals surface area contributed by atoms with Gasteiger partial charge in [0.05, 0.1) is 5.56 Å². The Hall–Kier alpha value is -2.91. The monoisotopic (exact) mass is 364 g/mol. The maximum atomic E-state index is 12.8. The summed E-state index contributed by atoms with van der Waals surface area (Å²) in [6.07, 6.45) is 0. The molecule has 0 unspecified atom stereocenters. The standard InChI is InChI=1S/C22H17ClO3/c1-15-6-2-3-7-17(15)14-26-22(25)20-9-5-4-8-19(20)21(24)16-10-12-18(23)13-11-16/h2-13H,14H2,1H3. The number of rotatable bonds is 5. The zero-order valence-electron chi connectivity index (χ0n) is 14.2. The van der Waals surface area contributed by atoms with E-state index in [4.69, 9.17) is 16.3 Å². The SMILES string of the molecule is Cc1ccccc1COC(=O)c1ccccc1C(=O)c1ccc(Cl)cc1. The van der Waals surface area contributed by atoms with E-state index in [0.717, 1.165) is 11.1 Å². The van der Waals surface area contributed by atoms with Gasteiger partial charge in [0.15, 0.2) is 5.78 Å². The van der Waals surface area contributed by atoms with E-state index in [1.807, 2.05) is 31.2 Å². The third-order valence-corrected chi connectivity index (χ3v) is 4.37. The lowest BCUT2D eigenvalue weighted by atomic mass is 9.98. The van der Waals surface area contributed by atoms with Crippen LogP contribution in [-0.4, -0.2) is 11.8 Å². The van der Waals surface area contributed by atoms with Crippen LogP contribution in [0, 0.1) is 6.92 Å². The number of ketones is 1. The summed E-state index contributed by atoms with van der Waals surface area (Å²) in [7, 11) is 0. The topological polar surface area (TPSA) is 43.4 Å². The molecule has 0 aliphatic heterocycles. The van der Waals surface area contributed by atoms with Crippen LogP contribution in [0.5, 0.6) is 0 Å². The van der Waals surface area contributed by atoms with Crippen LogP contribution in [0.15, 0.2) is 72.8 Å². The van der Waals surface area contributed by atoms with Gasteiger partial charge in [0.1, 0.15) is 6.61 Å². The van der Waals surface area contributed by atoms with Crippen LogP contribution in [0.25, 0.3) is 0 Å². The summed E-state index contributed by atoms with van der Waals surface area (Å²) in [5, 5.41) is 0.549. The summed E-state index contributed by atoms with van der Waals surface area (Å²) in [5.41, 5.74) is 3.01. The van der Waals surface area contributed by atoms with Crippen molar-refractivity contribution in [3.8, 4) is 0 Å². The molecule has 0 saturated carbocycles. The fourth-order valence-electron chi connectivity index (χ4n) is 2.61. The van der Waals surface area contributed by atoms with Crippen molar-refractivity contribution in [1.29, 1.82) is 0 Å². The van der Waals surface area contributed by atoms with Gasteiger partial charge in [-0.1, -0.05) is 54.1 Å². The molecule has 3 rings (SSSR count). The normalized spacial score (nSPS) is 10.4. The number of aryl methyl sites for hydroxylation is 1. The first-order valence-electron chi connectivity index (χ1n) is 8.17. The predicted octanol–water partition coefficient (Wildman–Crippen LogP) is 5.24. The molecule has 0 fully saturated rings. The molecule has 0 bridgehead atoms. The number of esters is 1. The molecular formula is C22H17ClO3. The zero-order valence-corrected chi connectivity index (χ0v) is 15.0. The zero-order chi connectivity index (χ0) is 18.5. The Morgan fingerprint density at radius 2 is 1.46 bits per heavy atom. The van der Waals surface area contributed by atoms with Crippen LogP contribution in [0.3, 0.4) is 0 Å². The number of hydrogen-bond donors (Lipinski definition) is 0. The highest BCUT2D eigenvalue weighted by atomic mass is 35.5. The molecule has 0 N–H and O–H groups in total. The number of carbonyl (C=O) groups is 2. The number of benzene rings is 3. The van der Waals surface area contributed by atoms with Crippen LogP contribution in [0.4, 0.5) is 0 Å². The Bertz CT molecular complexity index is 946. The molecule has 0 aliphatic rings. The van der Waals surface area contributed by atoms with Gasteiger partial charge in [-0.25, -0.2) is 4.79 Å². The number of ether oxygens (including phenoxy) is 1. The third-order valence-electron chi connectivity index (χ3n) is 4.12. The molecule has 0 heterocycles. The van der Waals surface area contributed by atoms with E-state index in [2.05, 4.69) is 0 Å². The summed E-state index contributed by atoms with van der Waals surface area (Å²) >= 11 is 5.87. The second kappa shape index (κ2) is 7.98. The summed E-state index contributed by atoms with van der Waals surface area (Å²) in [5.74, 6) is -0.767. The molecule has 0 aromatic heterocycles. The molecule has 0 spiro atoms. The van der Waals surface area contributed by atoms with Gasteiger partial charge in [-0.3, -0.25) is 4.79 Å². The molecule has 26 heavy (non-hydrogen) atoms. The second-order valence-electron chi connectivity index (χ2n) is 5.88. The van der Waals surface area contributed by atoms with E-state index in [1.54, 1.807) is 48.5 Å². The Morgan fingerprint density at radius 3 is 2.15 bits per heavy atom. The highest BCUT2D eigenvalue weighted by Crippen LogP contribution is 2.18. The smallest absolute Gasteiger partial charge is 0.339 e. The van der Waals surface area contributed by atoms with Gasteiger partial charge in [-0.05, 0) is 48.4 Å². The minimum absolute atomic E-state index is 0.162. The van der Waals surface area contributed by atoms with Crippen molar-refractivity contribution >= 4 is 23.4 Å². The molecule has 0 amide bonds. The highest BCUT2D eigenvalue weighted by Gasteiger charge is 2.19. The first-order valence-corrected chi connectivity index (χ1v) is 8.55. The summed E-state index contributed by atoms with van der Waals surface area (Å²) in [4.78, 5) is 25.3. The van der Waals surface area contributed by atoms with Crippen molar-refractivity contribution in [2.75, 3.05) is 0 Å². The quantitative estimate of drug-likeness (QED) is 0.459. The number of carbonyl (C=O) groups excluding carboxylic acids is 2. The van der Waals surface area contributed by atoms with E-state index in [0.29, 0.717) is 16.1 Å². The minimum Gasteiger partial charge on any atom is -0.457 e. The molecule has 0 radical (unpaired) electrons. The first-order chi connectivity index (χ1) is 12.6. The lowest BCUT2D eigenvalue weighted by Gasteiger charge is -2.10. The Morgan fingerprint density at radius 1 is 0.846 bits per heavy atom. The summed E-state index contributed by atoms with van der Waals surface area (Å²) < 4.78 is 5.43. The Balaban J connectivity index is 1.82. The lowest BCUT2D eigenvalue weighted by Crippen LogP contribution is -2.13. The average molecular weight is 365 g/mol. The van der Waals surface area contributed by atoms with Crippen LogP contribution in [0.2, 0.25) is 5.02 Å². The van der Waals surface area contributed by atoms with Crippen LogP contribution < -0.4 is 0 Å². The molecular weight excluding hydrogens is 348 g/mol. The maximum Gasteiger partial charge on any atom is 0.339 e. The van der Waals surface area contributed by atoms with Gasteiger partial charge in [-0.2, -0.15) is 0 Å². The van der Waals surface area contributed by atoms with E-state index < -0.39 is 5.97 Å². The fraction of sp³-hybridized carbons (Fsp3) is 0.0909. The lowest BCUT2D eigenvalue weighted by molar-refractivity contribution is 0.0469. The maximum absolute atomic E-state index is 12.8. The third kappa shape index (κ3) is 4.01. The first kappa shape index (κ1) is 17.9. The molecule has 0 atom stereocenters. The van der Waals surface area contributed by atoms with Gasteiger partial charge >= 0.3 is 5.97 Å². The van der Waals surface area contributed by atoms with Crippen molar-refractivity contribution in [3.05, 3.63) is 106 Å². The molecule has 3 aromatic carbocycles. The molecule has 3 nitrogen and oxygen atoms in total. The molecule has 0 aliphatic carbocycles. The fourth-order valence-corrected chi connectivity index (χ4v) is 2.73. The molecule has 4 heteroatoms.